The van der Waals surface area contributed by atoms with Crippen molar-refractivity contribution in [2.75, 3.05) is 11.1 Å². The Morgan fingerprint density at radius 3 is 2.17 bits per heavy atom. The fourth-order valence-electron chi connectivity index (χ4n) is 6.20. The summed E-state index contributed by atoms with van der Waals surface area (Å²) >= 11 is 1.34. The smallest absolute Gasteiger partial charge is 0.234 e. The predicted octanol–water partition coefficient (Wildman–Crippen LogP) is 4.61. The zero-order chi connectivity index (χ0) is 20.6. The van der Waals surface area contributed by atoms with E-state index in [4.69, 9.17) is 0 Å². The maximum atomic E-state index is 12.9. The van der Waals surface area contributed by atoms with Crippen LogP contribution in [0.25, 0.3) is 0 Å². The standard InChI is InChI=1S/C23H31FN2O2S/c1-14(29-13-21(27)26-20-5-3-19(24)4-6-20)22(28)25-15(2)23-10-16-7-17(11-23)9-18(8-16)12-23/h3-6,14-18H,7-13H2,1-2H3,(H,25,28)(H,26,27)/t14-,15+,16?,17?,18?,23?/m1/s1. The monoisotopic (exact) mass is 418 g/mol. The molecule has 2 N–H and O–H groups in total. The molecule has 0 spiro atoms. The van der Waals surface area contributed by atoms with E-state index in [0.29, 0.717) is 5.69 Å². The first-order valence-electron chi connectivity index (χ1n) is 10.8. The van der Waals surface area contributed by atoms with E-state index in [2.05, 4.69) is 17.6 Å². The molecule has 5 rings (SSSR count). The van der Waals surface area contributed by atoms with Gasteiger partial charge in [0.1, 0.15) is 5.82 Å². The van der Waals surface area contributed by atoms with Crippen molar-refractivity contribution < 1.29 is 14.0 Å². The van der Waals surface area contributed by atoms with Gasteiger partial charge in [0.25, 0.3) is 0 Å². The van der Waals surface area contributed by atoms with Gasteiger partial charge < -0.3 is 10.6 Å². The minimum absolute atomic E-state index is 0.0211. The highest BCUT2D eigenvalue weighted by Crippen LogP contribution is 2.61. The van der Waals surface area contributed by atoms with Gasteiger partial charge in [-0.25, -0.2) is 4.39 Å². The van der Waals surface area contributed by atoms with Gasteiger partial charge in [0.15, 0.2) is 0 Å². The summed E-state index contributed by atoms with van der Waals surface area (Å²) in [7, 11) is 0. The molecule has 0 aliphatic heterocycles. The van der Waals surface area contributed by atoms with Gasteiger partial charge in [-0.05, 0) is 99.8 Å². The topological polar surface area (TPSA) is 58.2 Å². The summed E-state index contributed by atoms with van der Waals surface area (Å²) < 4.78 is 12.9. The van der Waals surface area contributed by atoms with Crippen molar-refractivity contribution in [3.05, 3.63) is 30.1 Å². The molecule has 4 saturated carbocycles. The van der Waals surface area contributed by atoms with Gasteiger partial charge in [-0.2, -0.15) is 0 Å². The molecule has 0 unspecified atom stereocenters. The van der Waals surface area contributed by atoms with Crippen molar-refractivity contribution in [1.82, 2.24) is 5.32 Å². The van der Waals surface area contributed by atoms with E-state index in [1.165, 1.54) is 74.6 Å². The SMILES string of the molecule is C[C@H](NC(=O)[C@@H](C)SCC(=O)Nc1ccc(F)cc1)C12CC3CC(CC(C3)C1)C2. The average Bonchev–Trinajstić information content (AvgIpc) is 2.66. The summed E-state index contributed by atoms with van der Waals surface area (Å²) in [6, 6.07) is 5.87. The van der Waals surface area contributed by atoms with Gasteiger partial charge in [-0.3, -0.25) is 9.59 Å². The Morgan fingerprint density at radius 1 is 1.07 bits per heavy atom. The Balaban J connectivity index is 1.25. The zero-order valence-electron chi connectivity index (χ0n) is 17.2. The number of nitrogens with one attached hydrogen (secondary N) is 2. The summed E-state index contributed by atoms with van der Waals surface area (Å²) in [6.07, 6.45) is 7.99. The first kappa shape index (κ1) is 20.7. The minimum Gasteiger partial charge on any atom is -0.352 e. The molecule has 4 bridgehead atoms. The highest BCUT2D eigenvalue weighted by molar-refractivity contribution is 8.01. The van der Waals surface area contributed by atoms with E-state index in [-0.39, 0.29) is 40.1 Å². The summed E-state index contributed by atoms with van der Waals surface area (Å²) in [4.78, 5) is 24.9. The van der Waals surface area contributed by atoms with Crippen LogP contribution in [0.2, 0.25) is 0 Å². The molecule has 4 aliphatic carbocycles. The molecule has 0 saturated heterocycles. The third-order valence-electron chi connectivity index (χ3n) is 7.32. The molecular weight excluding hydrogens is 387 g/mol. The Bertz CT molecular complexity index is 731. The molecular formula is C23H31FN2O2S. The second-order valence-electron chi connectivity index (χ2n) is 9.52. The normalized spacial score (nSPS) is 31.9. The van der Waals surface area contributed by atoms with Gasteiger partial charge in [-0.1, -0.05) is 0 Å². The molecule has 1 aromatic carbocycles. The minimum atomic E-state index is -0.337. The Morgan fingerprint density at radius 2 is 1.62 bits per heavy atom. The molecule has 2 atom stereocenters. The highest BCUT2D eigenvalue weighted by atomic mass is 32.2. The largest absolute Gasteiger partial charge is 0.352 e. The number of benzene rings is 1. The van der Waals surface area contributed by atoms with Crippen LogP contribution in [-0.4, -0.2) is 28.9 Å². The number of halogens is 1. The number of amides is 2. The van der Waals surface area contributed by atoms with E-state index >= 15 is 0 Å². The van der Waals surface area contributed by atoms with Crippen molar-refractivity contribution in [2.45, 2.75) is 63.7 Å². The van der Waals surface area contributed by atoms with E-state index in [9.17, 15) is 14.0 Å². The maximum absolute atomic E-state index is 12.9. The van der Waals surface area contributed by atoms with Crippen molar-refractivity contribution in [1.29, 1.82) is 0 Å². The van der Waals surface area contributed by atoms with Crippen LogP contribution < -0.4 is 10.6 Å². The Hall–Kier alpha value is -1.56. The fraction of sp³-hybridized carbons (Fsp3) is 0.652. The number of hydrogen-bond acceptors (Lipinski definition) is 3. The molecule has 158 valence electrons. The van der Waals surface area contributed by atoms with E-state index < -0.39 is 0 Å². The number of carbonyl (C=O) groups excluding carboxylic acids is 2. The maximum Gasteiger partial charge on any atom is 0.234 e. The number of hydrogen-bond donors (Lipinski definition) is 2. The van der Waals surface area contributed by atoms with Crippen LogP contribution in [0.15, 0.2) is 24.3 Å². The van der Waals surface area contributed by atoms with Crippen LogP contribution in [0, 0.1) is 29.0 Å². The lowest BCUT2D eigenvalue weighted by molar-refractivity contribution is -0.125. The van der Waals surface area contributed by atoms with Gasteiger partial charge in [0.2, 0.25) is 11.8 Å². The average molecular weight is 419 g/mol. The molecule has 0 radical (unpaired) electrons. The fourth-order valence-corrected chi connectivity index (χ4v) is 6.89. The lowest BCUT2D eigenvalue weighted by Crippen LogP contribution is -2.56. The van der Waals surface area contributed by atoms with E-state index in [1.54, 1.807) is 0 Å². The third-order valence-corrected chi connectivity index (χ3v) is 8.47. The molecule has 0 heterocycles. The van der Waals surface area contributed by atoms with Gasteiger partial charge in [0, 0.05) is 11.7 Å². The summed E-state index contributed by atoms with van der Waals surface area (Å²) in [6.45, 7) is 4.04. The molecule has 4 nitrogen and oxygen atoms in total. The molecule has 0 aromatic heterocycles. The Kier molecular flexibility index (Phi) is 5.92. The second-order valence-corrected chi connectivity index (χ2v) is 10.8. The number of anilines is 1. The second kappa shape index (κ2) is 8.29. The van der Waals surface area contributed by atoms with E-state index in [1.807, 2.05) is 6.92 Å². The predicted molar refractivity (Wildman–Crippen MR) is 115 cm³/mol. The number of carbonyl (C=O) groups is 2. The summed E-state index contributed by atoms with van der Waals surface area (Å²) in [5.74, 6) is 2.28. The quantitative estimate of drug-likeness (QED) is 0.680. The highest BCUT2D eigenvalue weighted by Gasteiger charge is 2.53. The van der Waals surface area contributed by atoms with Crippen LogP contribution in [0.1, 0.15) is 52.4 Å². The van der Waals surface area contributed by atoms with Crippen molar-refractivity contribution in [3.8, 4) is 0 Å². The van der Waals surface area contributed by atoms with Crippen molar-refractivity contribution in [2.24, 2.45) is 23.2 Å². The van der Waals surface area contributed by atoms with Crippen molar-refractivity contribution in [3.63, 3.8) is 0 Å². The molecule has 4 fully saturated rings. The van der Waals surface area contributed by atoms with Crippen LogP contribution in [0.3, 0.4) is 0 Å². The molecule has 4 aliphatic rings. The molecule has 1 aromatic rings. The third kappa shape index (κ3) is 4.62. The lowest BCUT2D eigenvalue weighted by Gasteiger charge is -2.59. The van der Waals surface area contributed by atoms with Crippen LogP contribution in [0.5, 0.6) is 0 Å². The Labute approximate surface area is 176 Å². The zero-order valence-corrected chi connectivity index (χ0v) is 18.1. The molecule has 6 heteroatoms. The molecule has 29 heavy (non-hydrogen) atoms. The van der Waals surface area contributed by atoms with Crippen LogP contribution in [0.4, 0.5) is 10.1 Å². The number of rotatable bonds is 7. The van der Waals surface area contributed by atoms with Crippen molar-refractivity contribution >= 4 is 29.3 Å². The lowest BCUT2D eigenvalue weighted by atomic mass is 9.48. The van der Waals surface area contributed by atoms with Gasteiger partial charge in [0.05, 0.1) is 11.0 Å². The summed E-state index contributed by atoms with van der Waals surface area (Å²) in [5, 5.41) is 5.73. The number of thioether (sulfide) groups is 1. The first-order valence-corrected chi connectivity index (χ1v) is 11.9. The first-order chi connectivity index (χ1) is 13.8. The summed E-state index contributed by atoms with van der Waals surface area (Å²) in [5.41, 5.74) is 0.846. The van der Waals surface area contributed by atoms with Gasteiger partial charge >= 0.3 is 0 Å². The molecule has 2 amide bonds. The van der Waals surface area contributed by atoms with Gasteiger partial charge in [-0.15, -0.1) is 11.8 Å². The van der Waals surface area contributed by atoms with Crippen LogP contribution >= 0.6 is 11.8 Å². The van der Waals surface area contributed by atoms with Crippen LogP contribution in [-0.2, 0) is 9.59 Å². The van der Waals surface area contributed by atoms with E-state index in [0.717, 1.165) is 17.8 Å².